The standard InChI is InChI=1S/C17H24O/c1-13(2)14-8-7-11-16(12-14)17(3,18)15-9-5-4-6-10-15/h4-7,9-11,13-14,16,18H,8,12H2,1-3H3/t14-,16-,17-/m0/s1. The third-order valence-electron chi connectivity index (χ3n) is 4.39. The molecule has 1 aromatic carbocycles. The van der Waals surface area contributed by atoms with Crippen LogP contribution in [0, 0.1) is 17.8 Å². The summed E-state index contributed by atoms with van der Waals surface area (Å²) < 4.78 is 0. The molecular formula is C17H24O. The lowest BCUT2D eigenvalue weighted by molar-refractivity contribution is -0.00115. The molecule has 0 radical (unpaired) electrons. The predicted molar refractivity (Wildman–Crippen MR) is 76.2 cm³/mol. The van der Waals surface area contributed by atoms with Crippen LogP contribution in [0.25, 0.3) is 0 Å². The summed E-state index contributed by atoms with van der Waals surface area (Å²) in [5.41, 5.74) is 0.259. The highest BCUT2D eigenvalue weighted by molar-refractivity contribution is 5.24. The smallest absolute Gasteiger partial charge is 0.0930 e. The van der Waals surface area contributed by atoms with E-state index in [0.29, 0.717) is 11.8 Å². The number of allylic oxidation sites excluding steroid dienone is 1. The van der Waals surface area contributed by atoms with Crippen molar-refractivity contribution in [2.75, 3.05) is 0 Å². The number of hydrogen-bond acceptors (Lipinski definition) is 1. The topological polar surface area (TPSA) is 20.2 Å². The van der Waals surface area contributed by atoms with E-state index in [-0.39, 0.29) is 5.92 Å². The lowest BCUT2D eigenvalue weighted by atomic mass is 9.72. The normalized spacial score (nSPS) is 27.2. The molecule has 0 aromatic heterocycles. The molecule has 18 heavy (non-hydrogen) atoms. The number of rotatable bonds is 3. The molecular weight excluding hydrogens is 220 g/mol. The molecule has 0 heterocycles. The van der Waals surface area contributed by atoms with Crippen LogP contribution >= 0.6 is 0 Å². The molecule has 98 valence electrons. The van der Waals surface area contributed by atoms with Gasteiger partial charge < -0.3 is 5.11 Å². The Labute approximate surface area is 111 Å². The van der Waals surface area contributed by atoms with Crippen molar-refractivity contribution in [2.45, 2.75) is 39.2 Å². The quantitative estimate of drug-likeness (QED) is 0.793. The summed E-state index contributed by atoms with van der Waals surface area (Å²) >= 11 is 0. The van der Waals surface area contributed by atoms with Gasteiger partial charge in [0, 0.05) is 5.92 Å². The largest absolute Gasteiger partial charge is 0.385 e. The molecule has 0 saturated carbocycles. The molecule has 0 bridgehead atoms. The fourth-order valence-corrected chi connectivity index (χ4v) is 2.87. The molecule has 0 amide bonds. The van der Waals surface area contributed by atoms with Crippen LogP contribution in [0.2, 0.25) is 0 Å². The lowest BCUT2D eigenvalue weighted by Crippen LogP contribution is -2.34. The average Bonchev–Trinajstić information content (AvgIpc) is 2.40. The van der Waals surface area contributed by atoms with E-state index in [1.54, 1.807) is 0 Å². The van der Waals surface area contributed by atoms with Gasteiger partial charge in [-0.2, -0.15) is 0 Å². The maximum absolute atomic E-state index is 10.9. The zero-order valence-electron chi connectivity index (χ0n) is 11.6. The van der Waals surface area contributed by atoms with E-state index in [9.17, 15) is 5.11 Å². The highest BCUT2D eigenvalue weighted by Gasteiger charge is 2.35. The fourth-order valence-electron chi connectivity index (χ4n) is 2.87. The zero-order valence-corrected chi connectivity index (χ0v) is 11.6. The first kappa shape index (κ1) is 13.4. The summed E-state index contributed by atoms with van der Waals surface area (Å²) in [7, 11) is 0. The Morgan fingerprint density at radius 2 is 1.89 bits per heavy atom. The summed E-state index contributed by atoms with van der Waals surface area (Å²) in [5.74, 6) is 1.60. The molecule has 1 heteroatoms. The van der Waals surface area contributed by atoms with E-state index in [4.69, 9.17) is 0 Å². The van der Waals surface area contributed by atoms with Crippen LogP contribution in [0.15, 0.2) is 42.5 Å². The molecule has 3 atom stereocenters. The van der Waals surface area contributed by atoms with Gasteiger partial charge in [-0.25, -0.2) is 0 Å². The van der Waals surface area contributed by atoms with Gasteiger partial charge in [-0.3, -0.25) is 0 Å². The Hall–Kier alpha value is -1.08. The van der Waals surface area contributed by atoms with Gasteiger partial charge in [0.2, 0.25) is 0 Å². The molecule has 1 nitrogen and oxygen atoms in total. The van der Waals surface area contributed by atoms with Crippen LogP contribution in [-0.4, -0.2) is 5.11 Å². The van der Waals surface area contributed by atoms with Crippen LogP contribution in [0.3, 0.4) is 0 Å². The van der Waals surface area contributed by atoms with Crippen LogP contribution in [0.4, 0.5) is 0 Å². The average molecular weight is 244 g/mol. The Bertz CT molecular complexity index is 403. The van der Waals surface area contributed by atoms with Crippen molar-refractivity contribution in [1.82, 2.24) is 0 Å². The minimum atomic E-state index is -0.759. The molecule has 2 rings (SSSR count). The molecule has 0 spiro atoms. The maximum Gasteiger partial charge on any atom is 0.0930 e. The van der Waals surface area contributed by atoms with Crippen molar-refractivity contribution >= 4 is 0 Å². The molecule has 0 saturated heterocycles. The summed E-state index contributed by atoms with van der Waals surface area (Å²) in [6.07, 6.45) is 6.68. The molecule has 0 aliphatic heterocycles. The van der Waals surface area contributed by atoms with Gasteiger partial charge in [0.25, 0.3) is 0 Å². The van der Waals surface area contributed by atoms with E-state index in [0.717, 1.165) is 18.4 Å². The van der Waals surface area contributed by atoms with Crippen LogP contribution < -0.4 is 0 Å². The Morgan fingerprint density at radius 1 is 1.22 bits per heavy atom. The Kier molecular flexibility index (Phi) is 3.91. The maximum atomic E-state index is 10.9. The van der Waals surface area contributed by atoms with Gasteiger partial charge in [0.05, 0.1) is 5.60 Å². The van der Waals surface area contributed by atoms with Crippen molar-refractivity contribution in [3.05, 3.63) is 48.0 Å². The number of hydrogen-bond donors (Lipinski definition) is 1. The van der Waals surface area contributed by atoms with Crippen LogP contribution in [0.1, 0.15) is 39.2 Å². The Morgan fingerprint density at radius 3 is 2.50 bits per heavy atom. The molecule has 1 aliphatic carbocycles. The first-order valence-corrected chi connectivity index (χ1v) is 6.96. The number of aliphatic hydroxyl groups is 1. The molecule has 1 N–H and O–H groups in total. The van der Waals surface area contributed by atoms with E-state index in [1.807, 2.05) is 37.3 Å². The molecule has 1 aliphatic rings. The van der Waals surface area contributed by atoms with Gasteiger partial charge in [0.15, 0.2) is 0 Å². The van der Waals surface area contributed by atoms with Gasteiger partial charge >= 0.3 is 0 Å². The first-order chi connectivity index (χ1) is 8.51. The third kappa shape index (κ3) is 2.67. The minimum absolute atomic E-state index is 0.223. The second-order valence-corrected chi connectivity index (χ2v) is 6.02. The second kappa shape index (κ2) is 5.27. The van der Waals surface area contributed by atoms with Crippen molar-refractivity contribution in [3.63, 3.8) is 0 Å². The summed E-state index contributed by atoms with van der Waals surface area (Å²) in [4.78, 5) is 0. The van der Waals surface area contributed by atoms with Crippen LogP contribution in [-0.2, 0) is 5.60 Å². The zero-order chi connectivity index (χ0) is 13.2. The van der Waals surface area contributed by atoms with E-state index >= 15 is 0 Å². The molecule has 1 aromatic rings. The lowest BCUT2D eigenvalue weighted by Gasteiger charge is -2.37. The summed E-state index contributed by atoms with van der Waals surface area (Å²) in [5, 5.41) is 10.9. The minimum Gasteiger partial charge on any atom is -0.385 e. The van der Waals surface area contributed by atoms with Crippen molar-refractivity contribution < 1.29 is 5.11 Å². The molecule has 0 unspecified atom stereocenters. The summed E-state index contributed by atoms with van der Waals surface area (Å²) in [6, 6.07) is 10.0. The SMILES string of the molecule is CC(C)[C@H]1CC=C[C@H]([C@@](C)(O)c2ccccc2)C1. The highest BCUT2D eigenvalue weighted by Crippen LogP contribution is 2.39. The van der Waals surface area contributed by atoms with E-state index in [2.05, 4.69) is 26.0 Å². The van der Waals surface area contributed by atoms with Crippen molar-refractivity contribution in [1.29, 1.82) is 0 Å². The first-order valence-electron chi connectivity index (χ1n) is 6.96. The monoisotopic (exact) mass is 244 g/mol. The fraction of sp³-hybridized carbons (Fsp3) is 0.529. The highest BCUT2D eigenvalue weighted by atomic mass is 16.3. The van der Waals surface area contributed by atoms with Crippen molar-refractivity contribution in [3.8, 4) is 0 Å². The van der Waals surface area contributed by atoms with Crippen molar-refractivity contribution in [2.24, 2.45) is 17.8 Å². The predicted octanol–water partition coefficient (Wildman–Crippen LogP) is 4.13. The number of benzene rings is 1. The van der Waals surface area contributed by atoms with E-state index in [1.165, 1.54) is 0 Å². The van der Waals surface area contributed by atoms with Gasteiger partial charge in [-0.15, -0.1) is 0 Å². The van der Waals surface area contributed by atoms with Crippen LogP contribution in [0.5, 0.6) is 0 Å². The Balaban J connectivity index is 2.20. The molecule has 0 fully saturated rings. The summed E-state index contributed by atoms with van der Waals surface area (Å²) in [6.45, 7) is 6.50. The second-order valence-electron chi connectivity index (χ2n) is 6.02. The third-order valence-corrected chi connectivity index (χ3v) is 4.39. The van der Waals surface area contributed by atoms with Gasteiger partial charge in [0.1, 0.15) is 0 Å². The van der Waals surface area contributed by atoms with Gasteiger partial charge in [-0.1, -0.05) is 56.3 Å². The van der Waals surface area contributed by atoms with Gasteiger partial charge in [-0.05, 0) is 37.2 Å². The van der Waals surface area contributed by atoms with E-state index < -0.39 is 5.60 Å².